The normalized spacial score (nSPS) is 25.3. The molecule has 0 aromatic heterocycles. The largest absolute Gasteiger partial charge is 0.367 e. The predicted molar refractivity (Wildman–Crippen MR) is 81.9 cm³/mol. The molecule has 120 valence electrons. The third kappa shape index (κ3) is 4.05. The summed E-state index contributed by atoms with van der Waals surface area (Å²) in [4.78, 5) is 14.2. The maximum absolute atomic E-state index is 13.0. The number of halogens is 1. The second-order valence-corrected chi connectivity index (χ2v) is 6.36. The molecule has 2 aliphatic rings. The molecule has 2 fully saturated rings. The minimum atomic E-state index is -0.259. The standard InChI is InChI=1S/C17H23FN2O2/c1-12-10-20(17(21)9-19-8-13-2-3-13)11-16(22-12)14-4-6-15(18)7-5-14/h4-7,12-13,16,19H,2-3,8-11H2,1H3. The summed E-state index contributed by atoms with van der Waals surface area (Å²) in [6.45, 7) is 4.43. The van der Waals surface area contributed by atoms with Crippen molar-refractivity contribution in [3.8, 4) is 0 Å². The van der Waals surface area contributed by atoms with Crippen molar-refractivity contribution in [2.75, 3.05) is 26.2 Å². The van der Waals surface area contributed by atoms with Gasteiger partial charge in [-0.15, -0.1) is 0 Å². The Morgan fingerprint density at radius 1 is 1.32 bits per heavy atom. The summed E-state index contributed by atoms with van der Waals surface area (Å²) in [6.07, 6.45) is 2.36. The van der Waals surface area contributed by atoms with Crippen LogP contribution in [0.2, 0.25) is 0 Å². The molecule has 1 saturated heterocycles. The van der Waals surface area contributed by atoms with E-state index in [9.17, 15) is 9.18 Å². The van der Waals surface area contributed by atoms with E-state index in [4.69, 9.17) is 4.74 Å². The second-order valence-electron chi connectivity index (χ2n) is 6.36. The average molecular weight is 306 g/mol. The molecule has 2 unspecified atom stereocenters. The highest BCUT2D eigenvalue weighted by Gasteiger charge is 2.29. The van der Waals surface area contributed by atoms with E-state index in [1.807, 2.05) is 11.8 Å². The minimum Gasteiger partial charge on any atom is -0.367 e. The molecule has 1 amide bonds. The molecule has 3 rings (SSSR count). The van der Waals surface area contributed by atoms with Crippen LogP contribution in [-0.2, 0) is 9.53 Å². The monoisotopic (exact) mass is 306 g/mol. The Hall–Kier alpha value is -1.46. The summed E-state index contributed by atoms with van der Waals surface area (Å²) in [5.74, 6) is 0.621. The number of nitrogens with zero attached hydrogens (tertiary/aromatic N) is 1. The SMILES string of the molecule is CC1CN(C(=O)CNCC2CC2)CC(c2ccc(F)cc2)O1. The molecule has 1 aromatic rings. The number of carbonyl (C=O) groups excluding carboxylic acids is 1. The van der Waals surface area contributed by atoms with Crippen LogP contribution in [0, 0.1) is 11.7 Å². The Morgan fingerprint density at radius 2 is 2.05 bits per heavy atom. The minimum absolute atomic E-state index is 0.0174. The number of rotatable bonds is 5. The fourth-order valence-electron chi connectivity index (χ4n) is 2.83. The van der Waals surface area contributed by atoms with Crippen LogP contribution in [0.4, 0.5) is 4.39 Å². The average Bonchev–Trinajstić information content (AvgIpc) is 3.31. The zero-order chi connectivity index (χ0) is 15.5. The van der Waals surface area contributed by atoms with Crippen molar-refractivity contribution in [2.45, 2.75) is 32.0 Å². The van der Waals surface area contributed by atoms with Crippen LogP contribution < -0.4 is 5.32 Å². The van der Waals surface area contributed by atoms with Crippen molar-refractivity contribution in [1.29, 1.82) is 0 Å². The number of nitrogens with one attached hydrogen (secondary N) is 1. The Morgan fingerprint density at radius 3 is 2.73 bits per heavy atom. The molecule has 22 heavy (non-hydrogen) atoms. The number of hydrogen-bond acceptors (Lipinski definition) is 3. The van der Waals surface area contributed by atoms with Gasteiger partial charge in [0, 0.05) is 6.54 Å². The Kier molecular flexibility index (Phi) is 4.74. The molecule has 4 nitrogen and oxygen atoms in total. The first-order chi connectivity index (χ1) is 10.6. The molecule has 1 N–H and O–H groups in total. The number of amides is 1. The van der Waals surface area contributed by atoms with Crippen LogP contribution in [0.15, 0.2) is 24.3 Å². The topological polar surface area (TPSA) is 41.6 Å². The molecule has 1 saturated carbocycles. The van der Waals surface area contributed by atoms with Gasteiger partial charge in [0.05, 0.1) is 19.2 Å². The fourth-order valence-corrected chi connectivity index (χ4v) is 2.83. The second kappa shape index (κ2) is 6.75. The lowest BCUT2D eigenvalue weighted by Gasteiger charge is -2.37. The van der Waals surface area contributed by atoms with Crippen molar-refractivity contribution in [2.24, 2.45) is 5.92 Å². The summed E-state index contributed by atoms with van der Waals surface area (Å²) < 4.78 is 18.9. The number of carbonyl (C=O) groups is 1. The molecule has 0 spiro atoms. The summed E-state index contributed by atoms with van der Waals surface area (Å²) in [7, 11) is 0. The van der Waals surface area contributed by atoms with Gasteiger partial charge in [-0.25, -0.2) is 4.39 Å². The third-order valence-electron chi connectivity index (χ3n) is 4.26. The number of benzene rings is 1. The van der Waals surface area contributed by atoms with E-state index in [-0.39, 0.29) is 23.9 Å². The fraction of sp³-hybridized carbons (Fsp3) is 0.588. The van der Waals surface area contributed by atoms with E-state index in [0.717, 1.165) is 18.0 Å². The molecule has 0 radical (unpaired) electrons. The highest BCUT2D eigenvalue weighted by Crippen LogP contribution is 2.28. The van der Waals surface area contributed by atoms with Gasteiger partial charge < -0.3 is 15.0 Å². The molecule has 1 heterocycles. The van der Waals surface area contributed by atoms with Crippen LogP contribution in [-0.4, -0.2) is 43.1 Å². The van der Waals surface area contributed by atoms with E-state index in [1.165, 1.54) is 25.0 Å². The van der Waals surface area contributed by atoms with Crippen LogP contribution in [0.5, 0.6) is 0 Å². The van der Waals surface area contributed by atoms with Gasteiger partial charge in [-0.2, -0.15) is 0 Å². The third-order valence-corrected chi connectivity index (χ3v) is 4.26. The van der Waals surface area contributed by atoms with Gasteiger partial charge in [-0.05, 0) is 49.9 Å². The summed E-state index contributed by atoms with van der Waals surface area (Å²) >= 11 is 0. The summed E-state index contributed by atoms with van der Waals surface area (Å²) in [5, 5.41) is 3.24. The zero-order valence-corrected chi connectivity index (χ0v) is 12.9. The van der Waals surface area contributed by atoms with Crippen molar-refractivity contribution in [3.05, 3.63) is 35.6 Å². The maximum atomic E-state index is 13.0. The molecule has 1 aliphatic carbocycles. The van der Waals surface area contributed by atoms with E-state index < -0.39 is 0 Å². The van der Waals surface area contributed by atoms with Gasteiger partial charge in [0.15, 0.2) is 0 Å². The highest BCUT2D eigenvalue weighted by atomic mass is 19.1. The van der Waals surface area contributed by atoms with Crippen LogP contribution in [0.25, 0.3) is 0 Å². The smallest absolute Gasteiger partial charge is 0.236 e. The Labute approximate surface area is 130 Å². The zero-order valence-electron chi connectivity index (χ0n) is 12.9. The Bertz CT molecular complexity index is 516. The quantitative estimate of drug-likeness (QED) is 0.906. The lowest BCUT2D eigenvalue weighted by Crippen LogP contribution is -2.48. The Balaban J connectivity index is 1.57. The number of ether oxygens (including phenoxy) is 1. The van der Waals surface area contributed by atoms with Crippen molar-refractivity contribution >= 4 is 5.91 Å². The molecule has 2 atom stereocenters. The first-order valence-corrected chi connectivity index (χ1v) is 8.01. The van der Waals surface area contributed by atoms with Gasteiger partial charge >= 0.3 is 0 Å². The van der Waals surface area contributed by atoms with Crippen LogP contribution in [0.1, 0.15) is 31.4 Å². The van der Waals surface area contributed by atoms with Gasteiger partial charge in [-0.1, -0.05) is 12.1 Å². The van der Waals surface area contributed by atoms with E-state index in [1.54, 1.807) is 12.1 Å². The molecule has 0 bridgehead atoms. The van der Waals surface area contributed by atoms with Crippen molar-refractivity contribution < 1.29 is 13.9 Å². The maximum Gasteiger partial charge on any atom is 0.236 e. The van der Waals surface area contributed by atoms with E-state index in [0.29, 0.717) is 19.6 Å². The molecular weight excluding hydrogens is 283 g/mol. The van der Waals surface area contributed by atoms with Crippen LogP contribution in [0.3, 0.4) is 0 Å². The first kappa shape index (κ1) is 15.4. The van der Waals surface area contributed by atoms with Crippen LogP contribution >= 0.6 is 0 Å². The van der Waals surface area contributed by atoms with Gasteiger partial charge in [0.1, 0.15) is 11.9 Å². The van der Waals surface area contributed by atoms with Gasteiger partial charge in [-0.3, -0.25) is 4.79 Å². The van der Waals surface area contributed by atoms with Gasteiger partial charge in [0.25, 0.3) is 0 Å². The molecule has 1 aromatic carbocycles. The van der Waals surface area contributed by atoms with E-state index in [2.05, 4.69) is 5.32 Å². The number of hydrogen-bond donors (Lipinski definition) is 1. The lowest BCUT2D eigenvalue weighted by atomic mass is 10.1. The first-order valence-electron chi connectivity index (χ1n) is 8.01. The van der Waals surface area contributed by atoms with Crippen molar-refractivity contribution in [1.82, 2.24) is 10.2 Å². The lowest BCUT2D eigenvalue weighted by molar-refractivity contribution is -0.143. The highest BCUT2D eigenvalue weighted by molar-refractivity contribution is 5.78. The molecule has 5 heteroatoms. The van der Waals surface area contributed by atoms with Crippen molar-refractivity contribution in [3.63, 3.8) is 0 Å². The number of morpholine rings is 1. The molecule has 1 aliphatic heterocycles. The van der Waals surface area contributed by atoms with E-state index >= 15 is 0 Å². The molecular formula is C17H23FN2O2. The summed E-state index contributed by atoms with van der Waals surface area (Å²) in [5.41, 5.74) is 0.914. The predicted octanol–water partition coefficient (Wildman–Crippen LogP) is 2.11. The van der Waals surface area contributed by atoms with Gasteiger partial charge in [0.2, 0.25) is 5.91 Å². The summed E-state index contributed by atoms with van der Waals surface area (Å²) in [6, 6.07) is 6.32.